The lowest BCUT2D eigenvalue weighted by atomic mass is 9.70. The number of nitrogens with one attached hydrogen (secondary N) is 2. The maximum absolute atomic E-state index is 14.6. The van der Waals surface area contributed by atoms with E-state index in [0.717, 1.165) is 38.5 Å². The third-order valence-corrected chi connectivity index (χ3v) is 11.5. The summed E-state index contributed by atoms with van der Waals surface area (Å²) in [5, 5.41) is 5.71. The minimum atomic E-state index is -1.07. The number of ether oxygens (including phenoxy) is 1. The van der Waals surface area contributed by atoms with Crippen molar-refractivity contribution >= 4 is 29.6 Å². The minimum Gasteiger partial charge on any atom is -0.444 e. The lowest BCUT2D eigenvalue weighted by molar-refractivity contribution is -0.144. The van der Waals surface area contributed by atoms with Gasteiger partial charge in [0.15, 0.2) is 0 Å². The fraction of sp³-hybridized carbons (Fsp3) is 0.848. The smallest absolute Gasteiger partial charge is 0.408 e. The highest BCUT2D eigenvalue weighted by Crippen LogP contribution is 2.89. The molecule has 2 spiro atoms. The van der Waals surface area contributed by atoms with Gasteiger partial charge in [-0.05, 0) is 68.1 Å². The van der Waals surface area contributed by atoms with E-state index >= 15 is 0 Å². The van der Waals surface area contributed by atoms with Crippen molar-refractivity contribution in [1.29, 1.82) is 0 Å². The van der Waals surface area contributed by atoms with Crippen LogP contribution < -0.4 is 16.4 Å². The van der Waals surface area contributed by atoms with Gasteiger partial charge in [0, 0.05) is 12.0 Å². The normalized spacial score (nSPS) is 28.8. The molecule has 0 aromatic heterocycles. The minimum absolute atomic E-state index is 0.0401. The van der Waals surface area contributed by atoms with Crippen molar-refractivity contribution in [2.24, 2.45) is 39.2 Å². The van der Waals surface area contributed by atoms with Crippen LogP contribution in [0.2, 0.25) is 0 Å². The number of primary amides is 1. The highest BCUT2D eigenvalue weighted by atomic mass is 16.6. The number of likely N-dealkylation sites (tertiary alicyclic amines) is 1. The van der Waals surface area contributed by atoms with Gasteiger partial charge >= 0.3 is 6.09 Å². The van der Waals surface area contributed by atoms with Gasteiger partial charge in [-0.25, -0.2) is 4.79 Å². The maximum Gasteiger partial charge on any atom is 0.408 e. The molecule has 10 heteroatoms. The zero-order chi connectivity index (χ0) is 32.3. The molecule has 5 atom stereocenters. The van der Waals surface area contributed by atoms with Gasteiger partial charge < -0.3 is 26.0 Å². The fourth-order valence-electron chi connectivity index (χ4n) is 9.01. The summed E-state index contributed by atoms with van der Waals surface area (Å²) in [6, 6.07) is -2.83. The van der Waals surface area contributed by atoms with E-state index < -0.39 is 52.8 Å². The Morgan fingerprint density at radius 1 is 0.977 bits per heavy atom. The number of nitrogens with two attached hydrogens (primary N) is 1. The lowest BCUT2D eigenvalue weighted by Crippen LogP contribution is -2.60. The van der Waals surface area contributed by atoms with Crippen LogP contribution in [0.1, 0.15) is 114 Å². The van der Waals surface area contributed by atoms with E-state index in [1.165, 1.54) is 0 Å². The Bertz CT molecular complexity index is 1160. The third-order valence-electron chi connectivity index (χ3n) is 11.5. The molecule has 0 aromatic carbocycles. The van der Waals surface area contributed by atoms with Gasteiger partial charge in [-0.1, -0.05) is 73.6 Å². The van der Waals surface area contributed by atoms with Crippen molar-refractivity contribution in [3.8, 4) is 0 Å². The second-order valence-electron chi connectivity index (χ2n) is 16.2. The molecule has 242 valence electrons. The highest BCUT2D eigenvalue weighted by Gasteiger charge is 2.88. The Morgan fingerprint density at radius 3 is 1.98 bits per heavy atom. The van der Waals surface area contributed by atoms with Gasteiger partial charge in [0.1, 0.15) is 17.7 Å². The molecule has 4 fully saturated rings. The first kappa shape index (κ1) is 33.2. The van der Waals surface area contributed by atoms with E-state index in [0.29, 0.717) is 19.4 Å². The van der Waals surface area contributed by atoms with Crippen LogP contribution in [0.4, 0.5) is 4.79 Å². The predicted octanol–water partition coefficient (Wildman–Crippen LogP) is 4.09. The predicted molar refractivity (Wildman–Crippen MR) is 162 cm³/mol. The molecule has 0 radical (unpaired) electrons. The molecular weight excluding hydrogens is 548 g/mol. The Hall–Kier alpha value is -2.65. The van der Waals surface area contributed by atoms with E-state index in [4.69, 9.17) is 10.5 Å². The van der Waals surface area contributed by atoms with Crippen molar-refractivity contribution in [1.82, 2.24) is 15.5 Å². The molecule has 10 nitrogen and oxygen atoms in total. The highest BCUT2D eigenvalue weighted by molar-refractivity contribution is 6.37. The molecule has 4 rings (SSSR count). The van der Waals surface area contributed by atoms with Gasteiger partial charge in [-0.15, -0.1) is 0 Å². The summed E-state index contributed by atoms with van der Waals surface area (Å²) < 4.78 is 5.51. The van der Waals surface area contributed by atoms with E-state index in [2.05, 4.69) is 31.4 Å². The molecule has 0 bridgehead atoms. The topological polar surface area (TPSA) is 148 Å². The number of hydrogen-bond donors (Lipinski definition) is 3. The number of fused-ring (bicyclic) bond motifs is 1. The number of amides is 4. The largest absolute Gasteiger partial charge is 0.444 e. The number of ketones is 1. The number of carbonyl (C=O) groups is 5. The van der Waals surface area contributed by atoms with Crippen LogP contribution in [0.25, 0.3) is 0 Å². The van der Waals surface area contributed by atoms with Crippen molar-refractivity contribution < 1.29 is 28.7 Å². The maximum atomic E-state index is 14.6. The Kier molecular flexibility index (Phi) is 8.55. The first-order valence-electron chi connectivity index (χ1n) is 16.2. The molecule has 4 amide bonds. The van der Waals surface area contributed by atoms with Crippen LogP contribution in [0.3, 0.4) is 0 Å². The van der Waals surface area contributed by atoms with Gasteiger partial charge in [0.2, 0.25) is 17.6 Å². The zero-order valence-electron chi connectivity index (χ0n) is 27.7. The second-order valence-corrected chi connectivity index (χ2v) is 16.2. The van der Waals surface area contributed by atoms with Crippen molar-refractivity contribution in [2.75, 3.05) is 6.54 Å². The first-order valence-corrected chi connectivity index (χ1v) is 16.2. The third kappa shape index (κ3) is 5.45. The molecule has 1 aliphatic heterocycles. The fourth-order valence-corrected chi connectivity index (χ4v) is 9.01. The van der Waals surface area contributed by atoms with E-state index in [9.17, 15) is 24.0 Å². The quantitative estimate of drug-likeness (QED) is 0.339. The lowest BCUT2D eigenvalue weighted by Gasteiger charge is -2.37. The second kappa shape index (κ2) is 11.1. The molecule has 1 saturated heterocycles. The average molecular weight is 603 g/mol. The molecule has 0 aromatic rings. The summed E-state index contributed by atoms with van der Waals surface area (Å²) >= 11 is 0. The van der Waals surface area contributed by atoms with Gasteiger partial charge in [-0.2, -0.15) is 0 Å². The molecule has 43 heavy (non-hydrogen) atoms. The summed E-state index contributed by atoms with van der Waals surface area (Å²) in [5.74, 6) is -2.56. The number of hydrogen-bond acceptors (Lipinski definition) is 6. The van der Waals surface area contributed by atoms with Crippen molar-refractivity contribution in [3.63, 3.8) is 0 Å². The van der Waals surface area contributed by atoms with Crippen LogP contribution in [0, 0.1) is 33.5 Å². The van der Waals surface area contributed by atoms with Crippen LogP contribution in [0.15, 0.2) is 0 Å². The summed E-state index contributed by atoms with van der Waals surface area (Å²) in [7, 11) is 0. The monoisotopic (exact) mass is 602 g/mol. The number of alkyl carbamates (subject to hydrolysis) is 1. The van der Waals surface area contributed by atoms with Crippen molar-refractivity contribution in [2.45, 2.75) is 137 Å². The molecular formula is C33H54N4O6. The van der Waals surface area contributed by atoms with E-state index in [1.54, 1.807) is 25.7 Å². The number of nitrogens with zero attached hydrogens (tertiary/aromatic N) is 1. The Morgan fingerprint density at radius 2 is 1.58 bits per heavy atom. The van der Waals surface area contributed by atoms with Crippen LogP contribution >= 0.6 is 0 Å². The molecule has 1 heterocycles. The van der Waals surface area contributed by atoms with Gasteiger partial charge in [-0.3, -0.25) is 19.2 Å². The van der Waals surface area contributed by atoms with Gasteiger partial charge in [0.25, 0.3) is 5.91 Å². The number of carbonyl (C=O) groups excluding carboxylic acids is 5. The summed E-state index contributed by atoms with van der Waals surface area (Å²) in [5.41, 5.74) is 3.65. The average Bonchev–Trinajstić information content (AvgIpc) is 3.07. The molecule has 4 aliphatic rings. The number of Topliss-reactive ketones (excluding diaryl/α,β-unsaturated/α-hetero) is 1. The molecule has 1 unspecified atom stereocenters. The van der Waals surface area contributed by atoms with Crippen LogP contribution in [0.5, 0.6) is 0 Å². The van der Waals surface area contributed by atoms with Crippen molar-refractivity contribution in [3.05, 3.63) is 0 Å². The van der Waals surface area contributed by atoms with Gasteiger partial charge in [0.05, 0.1) is 6.04 Å². The summed E-state index contributed by atoms with van der Waals surface area (Å²) in [6.07, 6.45) is 6.48. The molecule has 3 saturated carbocycles. The standard InChI is InChI=1S/C33H54N4O6/c1-10-20-22(26(40)35-21(23(38)25(34)39)17-19-13-11-14-19)37(18-33(20)31(8,9)32(33)15-12-16-32)27(41)24(29(2,3)4)36-28(42)43-30(5,6)7/h19-22,24H,10-18H2,1-9H3,(H2,34,39)(H,35,40)(H,36,42)/t20-,21?,22+,24-,33+/m1/s1. The molecule has 4 N–H and O–H groups in total. The SMILES string of the molecule is CC[C@@H]1[C@@H](C(=O)NC(CC2CCC2)C(=O)C(N)=O)N(C(=O)[C@@H](NC(=O)OC(C)(C)C)C(C)(C)C)C[C@@]12C(C)(C)C21CCC1. The van der Waals surface area contributed by atoms with Crippen LogP contribution in [-0.2, 0) is 23.9 Å². The summed E-state index contributed by atoms with van der Waals surface area (Å²) in [4.78, 5) is 68.4. The van der Waals surface area contributed by atoms with Crippen LogP contribution in [-0.4, -0.2) is 64.8 Å². The summed E-state index contributed by atoms with van der Waals surface area (Å²) in [6.45, 7) is 17.9. The number of rotatable bonds is 9. The zero-order valence-corrected chi connectivity index (χ0v) is 27.7. The molecule has 3 aliphatic carbocycles. The van der Waals surface area contributed by atoms with E-state index in [1.807, 2.05) is 20.8 Å². The first-order chi connectivity index (χ1) is 19.7. The Balaban J connectivity index is 1.71. The van der Waals surface area contributed by atoms with E-state index in [-0.39, 0.29) is 34.0 Å². The Labute approximate surface area is 257 Å².